The van der Waals surface area contributed by atoms with Crippen molar-refractivity contribution in [3.63, 3.8) is 0 Å². The Morgan fingerprint density at radius 3 is 2.67 bits per heavy atom. The Balaban J connectivity index is 1.77. The lowest BCUT2D eigenvalue weighted by Gasteiger charge is -2.57. The van der Waals surface area contributed by atoms with Gasteiger partial charge >= 0.3 is 6.03 Å². The fraction of sp³-hybridized carbons (Fsp3) is 0.667. The van der Waals surface area contributed by atoms with E-state index in [-0.39, 0.29) is 6.03 Å². The van der Waals surface area contributed by atoms with Gasteiger partial charge < -0.3 is 16.4 Å². The van der Waals surface area contributed by atoms with Gasteiger partial charge in [0, 0.05) is 24.5 Å². The maximum absolute atomic E-state index is 11.4. The number of hydrogen-bond donors (Lipinski definition) is 2. The molecule has 0 unspecified atom stereocenters. The smallest absolute Gasteiger partial charge is 0.345 e. The minimum Gasteiger partial charge on any atom is -0.390 e. The molecule has 4 N–H and O–H groups in total. The van der Waals surface area contributed by atoms with Gasteiger partial charge in [-0.15, -0.1) is 0 Å². The average molecular weight is 209 g/mol. The topological polar surface area (TPSA) is 97.1 Å². The van der Waals surface area contributed by atoms with Gasteiger partial charge in [-0.3, -0.25) is 0 Å². The monoisotopic (exact) mass is 209 g/mol. The minimum atomic E-state index is -0.244. The number of aliphatic imine (C=N–C) groups is 2. The number of rotatable bonds is 1. The lowest BCUT2D eigenvalue weighted by atomic mass is 9.61. The van der Waals surface area contributed by atoms with Crippen LogP contribution in [0.5, 0.6) is 0 Å². The van der Waals surface area contributed by atoms with Crippen LogP contribution in [-0.2, 0) is 0 Å². The van der Waals surface area contributed by atoms with Gasteiger partial charge in [0.15, 0.2) is 0 Å². The molecule has 6 heteroatoms. The first-order valence-corrected chi connectivity index (χ1v) is 4.96. The molecule has 1 aliphatic heterocycles. The molecule has 1 saturated carbocycles. The molecule has 15 heavy (non-hydrogen) atoms. The molecule has 1 saturated heterocycles. The molecule has 0 aromatic carbocycles. The van der Waals surface area contributed by atoms with Crippen LogP contribution in [0.25, 0.3) is 0 Å². The summed E-state index contributed by atoms with van der Waals surface area (Å²) in [7, 11) is 0. The second-order valence-corrected chi connectivity index (χ2v) is 4.35. The highest BCUT2D eigenvalue weighted by atomic mass is 16.2. The molecular formula is C9H15N5O. The van der Waals surface area contributed by atoms with Crippen LogP contribution in [0.3, 0.4) is 0 Å². The van der Waals surface area contributed by atoms with E-state index in [2.05, 4.69) is 9.98 Å². The summed E-state index contributed by atoms with van der Waals surface area (Å²) in [6, 6.07) is 0.0827. The number of urea groups is 1. The Bertz CT molecular complexity index is 310. The highest BCUT2D eigenvalue weighted by Gasteiger charge is 2.52. The number of carbonyl (C=O) groups is 1. The van der Waals surface area contributed by atoms with E-state index in [9.17, 15) is 4.79 Å². The molecule has 6 nitrogen and oxygen atoms in total. The van der Waals surface area contributed by atoms with E-state index >= 15 is 0 Å². The van der Waals surface area contributed by atoms with Crippen LogP contribution in [-0.4, -0.2) is 42.7 Å². The summed E-state index contributed by atoms with van der Waals surface area (Å²) in [6.07, 6.45) is 4.32. The lowest BCUT2D eigenvalue weighted by molar-refractivity contribution is -0.0427. The Labute approximate surface area is 88.0 Å². The molecule has 82 valence electrons. The molecule has 1 spiro atoms. The molecule has 0 aromatic rings. The predicted molar refractivity (Wildman–Crippen MR) is 57.8 cm³/mol. The molecule has 0 radical (unpaired) electrons. The van der Waals surface area contributed by atoms with Crippen molar-refractivity contribution in [1.82, 2.24) is 4.90 Å². The Morgan fingerprint density at radius 2 is 2.13 bits per heavy atom. The summed E-state index contributed by atoms with van der Waals surface area (Å²) in [6.45, 7) is 1.56. The van der Waals surface area contributed by atoms with Crippen molar-refractivity contribution in [3.8, 4) is 0 Å². The fourth-order valence-electron chi connectivity index (χ4n) is 2.41. The molecule has 2 fully saturated rings. The maximum Gasteiger partial charge on any atom is 0.345 e. The first kappa shape index (κ1) is 10.1. The molecule has 2 amide bonds. The first-order chi connectivity index (χ1) is 7.15. The van der Waals surface area contributed by atoms with E-state index in [1.54, 1.807) is 4.90 Å². The Morgan fingerprint density at radius 1 is 1.47 bits per heavy atom. The molecule has 0 bridgehead atoms. The van der Waals surface area contributed by atoms with E-state index in [0.29, 0.717) is 11.5 Å². The van der Waals surface area contributed by atoms with Gasteiger partial charge in [-0.1, -0.05) is 0 Å². The van der Waals surface area contributed by atoms with Gasteiger partial charge in [0.05, 0.1) is 6.34 Å². The number of hydrogen-bond acceptors (Lipinski definition) is 2. The summed E-state index contributed by atoms with van der Waals surface area (Å²) >= 11 is 0. The largest absolute Gasteiger partial charge is 0.390 e. The second kappa shape index (κ2) is 3.62. The van der Waals surface area contributed by atoms with E-state index in [4.69, 9.17) is 11.5 Å². The summed E-state index contributed by atoms with van der Waals surface area (Å²) in [5, 5.41) is 0. The summed E-state index contributed by atoms with van der Waals surface area (Å²) in [5.41, 5.74) is 11.0. The maximum atomic E-state index is 11.4. The van der Waals surface area contributed by atoms with Crippen molar-refractivity contribution < 1.29 is 4.79 Å². The molecule has 2 rings (SSSR count). The average Bonchev–Trinajstić information content (AvgIpc) is 2.09. The van der Waals surface area contributed by atoms with Crippen molar-refractivity contribution in [1.29, 1.82) is 0 Å². The van der Waals surface area contributed by atoms with Crippen LogP contribution in [0, 0.1) is 5.41 Å². The highest BCUT2D eigenvalue weighted by molar-refractivity contribution is 5.85. The Kier molecular flexibility index (Phi) is 2.44. The quantitative estimate of drug-likeness (QED) is 0.452. The third kappa shape index (κ3) is 1.85. The SMILES string of the molecule is NC=N/C=N/C(=O)N1CC2(CC(N)C2)C1. The highest BCUT2D eigenvalue weighted by Crippen LogP contribution is 2.47. The standard InChI is InChI=1S/C9H15N5O/c10-5-12-6-13-8(15)14-3-9(4-14)1-7(11)2-9/h5-7H,1-4,11H2,(H2,10,12,13,15). The van der Waals surface area contributed by atoms with Gasteiger partial charge in [-0.2, -0.15) is 4.99 Å². The normalized spacial score (nSPS) is 24.7. The minimum absolute atomic E-state index is 0.244. The van der Waals surface area contributed by atoms with Gasteiger partial charge in [0.25, 0.3) is 0 Å². The Hall–Kier alpha value is -1.43. The lowest BCUT2D eigenvalue weighted by Crippen LogP contribution is -2.66. The van der Waals surface area contributed by atoms with Gasteiger partial charge in [0.1, 0.15) is 6.34 Å². The van der Waals surface area contributed by atoms with Crippen LogP contribution < -0.4 is 11.5 Å². The number of nitrogens with zero attached hydrogens (tertiary/aromatic N) is 3. The summed E-state index contributed by atoms with van der Waals surface area (Å²) < 4.78 is 0. The fourth-order valence-corrected chi connectivity index (χ4v) is 2.41. The van der Waals surface area contributed by atoms with Crippen LogP contribution in [0.4, 0.5) is 4.79 Å². The predicted octanol–water partition coefficient (Wildman–Crippen LogP) is -0.455. The van der Waals surface area contributed by atoms with E-state index in [1.807, 2.05) is 0 Å². The van der Waals surface area contributed by atoms with Crippen LogP contribution in [0.2, 0.25) is 0 Å². The van der Waals surface area contributed by atoms with Crippen molar-refractivity contribution in [2.75, 3.05) is 13.1 Å². The van der Waals surface area contributed by atoms with E-state index in [0.717, 1.165) is 32.3 Å². The first-order valence-electron chi connectivity index (χ1n) is 4.96. The van der Waals surface area contributed by atoms with Crippen LogP contribution in [0.15, 0.2) is 9.98 Å². The van der Waals surface area contributed by atoms with Gasteiger partial charge in [0.2, 0.25) is 0 Å². The molecule has 1 aliphatic carbocycles. The zero-order chi connectivity index (χ0) is 10.9. The van der Waals surface area contributed by atoms with Crippen molar-refractivity contribution >= 4 is 18.7 Å². The molecule has 1 heterocycles. The van der Waals surface area contributed by atoms with Gasteiger partial charge in [-0.25, -0.2) is 9.79 Å². The van der Waals surface area contributed by atoms with Gasteiger partial charge in [-0.05, 0) is 12.8 Å². The zero-order valence-electron chi connectivity index (χ0n) is 8.47. The van der Waals surface area contributed by atoms with Crippen molar-refractivity contribution in [2.45, 2.75) is 18.9 Å². The summed E-state index contributed by atoms with van der Waals surface area (Å²) in [4.78, 5) is 20.3. The molecular weight excluding hydrogens is 194 g/mol. The van der Waals surface area contributed by atoms with Crippen LogP contribution in [0.1, 0.15) is 12.8 Å². The van der Waals surface area contributed by atoms with E-state index < -0.39 is 0 Å². The molecule has 0 aromatic heterocycles. The van der Waals surface area contributed by atoms with Crippen molar-refractivity contribution in [3.05, 3.63) is 0 Å². The second-order valence-electron chi connectivity index (χ2n) is 4.35. The zero-order valence-corrected chi connectivity index (χ0v) is 8.47. The van der Waals surface area contributed by atoms with E-state index in [1.165, 1.54) is 6.34 Å². The molecule has 2 aliphatic rings. The van der Waals surface area contributed by atoms with Crippen LogP contribution >= 0.6 is 0 Å². The third-order valence-corrected chi connectivity index (χ3v) is 3.03. The number of amides is 2. The number of nitrogens with two attached hydrogens (primary N) is 2. The summed E-state index contributed by atoms with van der Waals surface area (Å²) in [5.74, 6) is 0. The van der Waals surface area contributed by atoms with Crippen molar-refractivity contribution in [2.24, 2.45) is 26.9 Å². The number of carbonyl (C=O) groups excluding carboxylic acids is 1. The third-order valence-electron chi connectivity index (χ3n) is 3.03. The number of likely N-dealkylation sites (tertiary alicyclic amines) is 1. The molecule has 0 atom stereocenters.